The summed E-state index contributed by atoms with van der Waals surface area (Å²) in [5.74, 6) is 0.548. The number of anilines is 1. The molecule has 0 spiro atoms. The Morgan fingerprint density at radius 1 is 0.821 bits per heavy atom. The molecule has 1 aromatic heterocycles. The Bertz CT molecular complexity index is 1400. The van der Waals surface area contributed by atoms with Gasteiger partial charge in [0.15, 0.2) is 12.4 Å². The minimum atomic E-state index is -0.559. The van der Waals surface area contributed by atoms with Crippen LogP contribution in [0.5, 0.6) is 5.75 Å². The fourth-order valence-corrected chi connectivity index (χ4v) is 3.76. The lowest BCUT2D eigenvalue weighted by atomic mass is 9.98. The van der Waals surface area contributed by atoms with Gasteiger partial charge in [-0.25, -0.2) is 4.79 Å². The highest BCUT2D eigenvalue weighted by Gasteiger charge is 2.24. The van der Waals surface area contributed by atoms with Gasteiger partial charge in [-0.1, -0.05) is 60.7 Å². The number of rotatable bonds is 9. The number of hydrogen-bond acceptors (Lipinski definition) is 4. The molecule has 3 aromatic carbocycles. The molecule has 7 heteroatoms. The first-order chi connectivity index (χ1) is 18.8. The lowest BCUT2D eigenvalue weighted by Crippen LogP contribution is -2.38. The van der Waals surface area contributed by atoms with Crippen LogP contribution in [0.4, 0.5) is 10.5 Å². The molecular formula is C32H34N3O4+. The van der Waals surface area contributed by atoms with E-state index >= 15 is 0 Å². The number of amides is 2. The molecule has 0 fully saturated rings. The molecule has 1 heterocycles. The van der Waals surface area contributed by atoms with Gasteiger partial charge in [0.05, 0.1) is 12.0 Å². The Morgan fingerprint density at radius 2 is 1.54 bits per heavy atom. The summed E-state index contributed by atoms with van der Waals surface area (Å²) >= 11 is 0. The van der Waals surface area contributed by atoms with E-state index in [2.05, 4.69) is 22.8 Å². The lowest BCUT2D eigenvalue weighted by molar-refractivity contribution is -0.728. The van der Waals surface area contributed by atoms with Crippen LogP contribution in [0.3, 0.4) is 0 Å². The van der Waals surface area contributed by atoms with Crippen molar-refractivity contribution in [1.82, 2.24) is 5.32 Å². The minimum absolute atomic E-state index is 0.115. The van der Waals surface area contributed by atoms with E-state index in [0.29, 0.717) is 18.8 Å². The summed E-state index contributed by atoms with van der Waals surface area (Å²) < 4.78 is 13.2. The molecule has 0 aliphatic heterocycles. The highest BCUT2D eigenvalue weighted by molar-refractivity contribution is 5.89. The molecule has 0 atom stereocenters. The number of para-hydroxylation sites is 1. The number of aromatic nitrogens is 1. The van der Waals surface area contributed by atoms with Crippen LogP contribution in [0, 0.1) is 5.41 Å². The Morgan fingerprint density at radius 3 is 2.28 bits per heavy atom. The van der Waals surface area contributed by atoms with E-state index in [0.717, 1.165) is 28.0 Å². The number of carbonyl (C=O) groups excluding carboxylic acids is 2. The maximum absolute atomic E-state index is 12.4. The van der Waals surface area contributed by atoms with E-state index in [4.69, 9.17) is 9.47 Å². The van der Waals surface area contributed by atoms with Gasteiger partial charge in [-0.15, -0.1) is 0 Å². The first-order valence-electron chi connectivity index (χ1n) is 12.8. The summed E-state index contributed by atoms with van der Waals surface area (Å²) in [5, 5.41) is 5.70. The van der Waals surface area contributed by atoms with Crippen molar-refractivity contribution < 1.29 is 23.6 Å². The van der Waals surface area contributed by atoms with Gasteiger partial charge in [-0.3, -0.25) is 4.79 Å². The maximum Gasteiger partial charge on any atom is 0.319 e. The zero-order chi connectivity index (χ0) is 27.7. The van der Waals surface area contributed by atoms with Gasteiger partial charge in [0.2, 0.25) is 0 Å². The Hall–Kier alpha value is -4.65. The maximum atomic E-state index is 12.4. The third-order valence-corrected chi connectivity index (χ3v) is 5.91. The number of carbonyl (C=O) groups is 2. The van der Waals surface area contributed by atoms with Crippen molar-refractivity contribution in [1.29, 1.82) is 0 Å². The van der Waals surface area contributed by atoms with Gasteiger partial charge >= 0.3 is 12.0 Å². The van der Waals surface area contributed by atoms with E-state index < -0.39 is 5.41 Å². The molecule has 2 amide bonds. The third kappa shape index (κ3) is 8.17. The lowest BCUT2D eigenvalue weighted by Gasteiger charge is -2.14. The number of pyridine rings is 1. The van der Waals surface area contributed by atoms with Crippen LogP contribution in [-0.2, 0) is 29.4 Å². The predicted octanol–water partition coefficient (Wildman–Crippen LogP) is 6.09. The molecular weight excluding hydrogens is 490 g/mol. The van der Waals surface area contributed by atoms with Crippen LogP contribution in [0.1, 0.15) is 31.9 Å². The number of urea groups is 1. The zero-order valence-electron chi connectivity index (χ0n) is 22.5. The van der Waals surface area contributed by atoms with Crippen molar-refractivity contribution in [3.63, 3.8) is 0 Å². The molecule has 2 N–H and O–H groups in total. The van der Waals surface area contributed by atoms with Gasteiger partial charge in [0, 0.05) is 22.9 Å². The first kappa shape index (κ1) is 27.4. The van der Waals surface area contributed by atoms with Crippen molar-refractivity contribution >= 4 is 17.7 Å². The topological polar surface area (TPSA) is 80.5 Å². The average molecular weight is 525 g/mol. The predicted molar refractivity (Wildman–Crippen MR) is 151 cm³/mol. The van der Waals surface area contributed by atoms with Crippen molar-refractivity contribution in [2.24, 2.45) is 5.41 Å². The average Bonchev–Trinajstić information content (AvgIpc) is 2.95. The van der Waals surface area contributed by atoms with Gasteiger partial charge in [0.1, 0.15) is 12.4 Å². The normalized spacial score (nSPS) is 10.9. The summed E-state index contributed by atoms with van der Waals surface area (Å²) in [7, 11) is 0. The smallest absolute Gasteiger partial charge is 0.319 e. The molecule has 4 aromatic rings. The first-order valence-corrected chi connectivity index (χ1v) is 12.8. The summed E-state index contributed by atoms with van der Waals surface area (Å²) in [5.41, 5.74) is 4.14. The molecule has 0 unspecified atom stereocenters. The third-order valence-electron chi connectivity index (χ3n) is 5.91. The highest BCUT2D eigenvalue weighted by Crippen LogP contribution is 2.30. The second-order valence-electron chi connectivity index (χ2n) is 10.2. The zero-order valence-corrected chi connectivity index (χ0v) is 22.5. The monoisotopic (exact) mass is 524 g/mol. The fourth-order valence-electron chi connectivity index (χ4n) is 3.76. The molecule has 0 saturated carbocycles. The molecule has 0 saturated heterocycles. The highest BCUT2D eigenvalue weighted by atomic mass is 16.5. The van der Waals surface area contributed by atoms with Gasteiger partial charge in [0.25, 0.3) is 6.73 Å². The number of benzene rings is 3. The molecule has 200 valence electrons. The Balaban J connectivity index is 1.25. The molecule has 0 bridgehead atoms. The van der Waals surface area contributed by atoms with Crippen molar-refractivity contribution in [2.75, 3.05) is 5.32 Å². The summed E-state index contributed by atoms with van der Waals surface area (Å²) in [6, 6.07) is 29.1. The number of ether oxygens (including phenoxy) is 2. The number of hydrogen-bond donors (Lipinski definition) is 2. The largest absolute Gasteiger partial charge is 0.488 e. The summed E-state index contributed by atoms with van der Waals surface area (Å²) in [6.07, 6.45) is 3.64. The molecule has 39 heavy (non-hydrogen) atoms. The van der Waals surface area contributed by atoms with Crippen LogP contribution in [0.2, 0.25) is 0 Å². The van der Waals surface area contributed by atoms with Crippen molar-refractivity contribution in [3.8, 4) is 16.9 Å². The fraction of sp³-hybridized carbons (Fsp3) is 0.219. The molecule has 0 aliphatic rings. The van der Waals surface area contributed by atoms with E-state index in [-0.39, 0.29) is 18.7 Å². The van der Waals surface area contributed by atoms with E-state index in [1.807, 2.05) is 112 Å². The summed E-state index contributed by atoms with van der Waals surface area (Å²) in [4.78, 5) is 24.4. The van der Waals surface area contributed by atoms with Crippen molar-refractivity contribution in [2.45, 2.75) is 40.7 Å². The molecule has 7 nitrogen and oxygen atoms in total. The Kier molecular flexibility index (Phi) is 8.94. The van der Waals surface area contributed by atoms with Crippen molar-refractivity contribution in [3.05, 3.63) is 115 Å². The van der Waals surface area contributed by atoms with Crippen LogP contribution in [0.15, 0.2) is 103 Å². The van der Waals surface area contributed by atoms with Crippen LogP contribution < -0.4 is 19.9 Å². The number of esters is 1. The Labute approximate surface area is 229 Å². The second kappa shape index (κ2) is 12.7. The van der Waals surface area contributed by atoms with E-state index in [9.17, 15) is 9.59 Å². The van der Waals surface area contributed by atoms with Crippen LogP contribution >= 0.6 is 0 Å². The number of nitrogens with zero attached hydrogens (tertiary/aromatic N) is 1. The van der Waals surface area contributed by atoms with E-state index in [1.54, 1.807) is 4.57 Å². The molecule has 4 rings (SSSR count). The van der Waals surface area contributed by atoms with Gasteiger partial charge in [-0.2, -0.15) is 4.57 Å². The van der Waals surface area contributed by atoms with Crippen LogP contribution in [-0.4, -0.2) is 12.0 Å². The number of nitrogens with one attached hydrogen (secondary N) is 2. The SMILES string of the molecule is CC(C)(C)C(=O)OC[n+]1cccc(CNC(=O)Nc2ccc(COc3ccccc3-c3ccccc3)cc2)c1. The van der Waals surface area contributed by atoms with E-state index in [1.165, 1.54) is 0 Å². The van der Waals surface area contributed by atoms with Gasteiger partial charge in [-0.05, 0) is 56.2 Å². The van der Waals surface area contributed by atoms with Crippen LogP contribution in [0.25, 0.3) is 11.1 Å². The summed E-state index contributed by atoms with van der Waals surface area (Å²) in [6.45, 7) is 6.29. The second-order valence-corrected chi connectivity index (χ2v) is 10.2. The molecule has 0 aliphatic carbocycles. The standard InChI is InChI=1S/C32H33N3O4/c1-32(2,3)30(36)39-23-35-19-9-10-25(21-35)20-33-31(37)34-27-17-15-24(16-18-27)22-38-29-14-8-7-13-28(29)26-11-5-4-6-12-26/h4-19,21H,20,22-23H2,1-3H3,(H-,33,34,37)/p+1. The quantitative estimate of drug-likeness (QED) is 0.205. The van der Waals surface area contributed by atoms with Gasteiger partial charge < -0.3 is 20.1 Å². The minimum Gasteiger partial charge on any atom is -0.488 e. The molecule has 0 radical (unpaired) electrons.